The van der Waals surface area contributed by atoms with Crippen molar-refractivity contribution < 1.29 is 9.53 Å². The van der Waals surface area contributed by atoms with Crippen molar-refractivity contribution in [2.75, 3.05) is 20.2 Å². The van der Waals surface area contributed by atoms with Gasteiger partial charge in [0.2, 0.25) is 0 Å². The van der Waals surface area contributed by atoms with Gasteiger partial charge >= 0.3 is 5.97 Å². The van der Waals surface area contributed by atoms with E-state index in [1.807, 2.05) is 0 Å². The van der Waals surface area contributed by atoms with Gasteiger partial charge in [0.15, 0.2) is 0 Å². The third kappa shape index (κ3) is 1.89. The maximum atomic E-state index is 13.3. The summed E-state index contributed by atoms with van der Waals surface area (Å²) in [5, 5.41) is 1.28. The Morgan fingerprint density at radius 1 is 1.40 bits per heavy atom. The number of nitrogens with one attached hydrogen (secondary N) is 1. The van der Waals surface area contributed by atoms with Gasteiger partial charge in [0.25, 0.3) is 0 Å². The topological polar surface area (TPSA) is 45.3 Å². The lowest BCUT2D eigenvalue weighted by Crippen LogP contribution is -2.67. The van der Waals surface area contributed by atoms with Crippen molar-refractivity contribution in [2.24, 2.45) is 11.8 Å². The van der Waals surface area contributed by atoms with Crippen molar-refractivity contribution in [3.63, 3.8) is 0 Å². The van der Waals surface area contributed by atoms with Crippen LogP contribution in [0.2, 0.25) is 0 Å². The number of ether oxygens (including phenoxy) is 1. The first-order chi connectivity index (χ1) is 12.2. The van der Waals surface area contributed by atoms with E-state index in [4.69, 9.17) is 4.74 Å². The highest BCUT2D eigenvalue weighted by molar-refractivity contribution is 5.91. The monoisotopic (exact) mass is 338 g/mol. The number of H-pyrrole nitrogens is 1. The third-order valence-corrected chi connectivity index (χ3v) is 7.07. The molecule has 2 unspecified atom stereocenters. The zero-order valence-electron chi connectivity index (χ0n) is 15.0. The number of nitrogens with zero attached hydrogens (tertiary/aromatic N) is 1. The number of carbonyl (C=O) groups excluding carboxylic acids is 1. The van der Waals surface area contributed by atoms with Crippen LogP contribution in [0.4, 0.5) is 0 Å². The predicted octanol–water partition coefficient (Wildman–Crippen LogP) is 3.26. The van der Waals surface area contributed by atoms with Crippen molar-refractivity contribution in [1.82, 2.24) is 9.88 Å². The molecule has 5 atom stereocenters. The molecular weight excluding hydrogens is 312 g/mol. The summed E-state index contributed by atoms with van der Waals surface area (Å²) in [6.45, 7) is 4.46. The first-order valence-electron chi connectivity index (χ1n) is 9.61. The second kappa shape index (κ2) is 5.34. The Labute approximate surface area is 148 Å². The van der Waals surface area contributed by atoms with Crippen LogP contribution in [-0.4, -0.2) is 42.1 Å². The second-order valence-corrected chi connectivity index (χ2v) is 8.15. The summed E-state index contributed by atoms with van der Waals surface area (Å²) < 4.78 is 5.43. The molecule has 1 aliphatic carbocycles. The molecule has 2 aromatic rings. The number of fused-ring (bicyclic) bond motifs is 4. The van der Waals surface area contributed by atoms with Crippen LogP contribution in [0.15, 0.2) is 24.3 Å². The fourth-order valence-electron chi connectivity index (χ4n) is 6.27. The Kier molecular flexibility index (Phi) is 3.30. The van der Waals surface area contributed by atoms with Crippen molar-refractivity contribution in [2.45, 2.75) is 44.1 Å². The second-order valence-electron chi connectivity index (χ2n) is 8.15. The maximum Gasteiger partial charge on any atom is 0.319 e. The molecule has 0 spiro atoms. The molecule has 0 amide bonds. The third-order valence-electron chi connectivity index (χ3n) is 7.07. The van der Waals surface area contributed by atoms with E-state index >= 15 is 0 Å². The standard InChI is InChI=1S/C21H26N2O2/c1-3-14-10-13-11-21(20(24)25-2)18-16(8-9-23(12-13)19(14)21)15-6-4-5-7-17(15)22-18/h4-7,13-14,19,22H,3,8-12H2,1-2H3/t13-,14+,19+,21?/m1/s1. The van der Waals surface area contributed by atoms with E-state index in [-0.39, 0.29) is 12.0 Å². The number of hydrogen-bond acceptors (Lipinski definition) is 3. The molecule has 4 bridgehead atoms. The van der Waals surface area contributed by atoms with Gasteiger partial charge in [-0.1, -0.05) is 31.5 Å². The van der Waals surface area contributed by atoms with Gasteiger partial charge in [0, 0.05) is 35.7 Å². The van der Waals surface area contributed by atoms with Gasteiger partial charge in [0.05, 0.1) is 7.11 Å². The van der Waals surface area contributed by atoms with Crippen LogP contribution in [-0.2, 0) is 21.4 Å². The number of piperidine rings is 2. The van der Waals surface area contributed by atoms with Crippen molar-refractivity contribution in [1.29, 1.82) is 0 Å². The Morgan fingerprint density at radius 2 is 2.24 bits per heavy atom. The minimum atomic E-state index is -0.526. The number of aromatic nitrogens is 1. The summed E-state index contributed by atoms with van der Waals surface area (Å²) in [6, 6.07) is 8.75. The van der Waals surface area contributed by atoms with E-state index in [0.29, 0.717) is 11.8 Å². The van der Waals surface area contributed by atoms with Gasteiger partial charge in [-0.15, -0.1) is 0 Å². The molecule has 1 saturated carbocycles. The van der Waals surface area contributed by atoms with Crippen LogP contribution in [0.5, 0.6) is 0 Å². The average molecular weight is 338 g/mol. The van der Waals surface area contributed by atoms with E-state index in [1.165, 1.54) is 17.4 Å². The molecule has 2 saturated heterocycles. The molecular formula is C21H26N2O2. The lowest BCUT2D eigenvalue weighted by atomic mass is 9.56. The summed E-state index contributed by atoms with van der Waals surface area (Å²) >= 11 is 0. The van der Waals surface area contributed by atoms with Crippen LogP contribution >= 0.6 is 0 Å². The van der Waals surface area contributed by atoms with Gasteiger partial charge in [-0.25, -0.2) is 0 Å². The highest BCUT2D eigenvalue weighted by Gasteiger charge is 2.62. The number of esters is 1. The number of hydrogen-bond donors (Lipinski definition) is 1. The molecule has 132 valence electrons. The number of benzene rings is 1. The molecule has 3 fully saturated rings. The van der Waals surface area contributed by atoms with Gasteiger partial charge < -0.3 is 9.72 Å². The number of carbonyl (C=O) groups is 1. The molecule has 1 aromatic heterocycles. The van der Waals surface area contributed by atoms with Crippen LogP contribution in [0.25, 0.3) is 10.9 Å². The van der Waals surface area contributed by atoms with Crippen molar-refractivity contribution in [3.05, 3.63) is 35.5 Å². The molecule has 4 aliphatic rings. The van der Waals surface area contributed by atoms with Crippen LogP contribution in [0.3, 0.4) is 0 Å². The fraction of sp³-hybridized carbons (Fsp3) is 0.571. The lowest BCUT2D eigenvalue weighted by Gasteiger charge is -2.57. The summed E-state index contributed by atoms with van der Waals surface area (Å²) in [4.78, 5) is 19.5. The van der Waals surface area contributed by atoms with Gasteiger partial charge in [-0.2, -0.15) is 0 Å². The van der Waals surface area contributed by atoms with Gasteiger partial charge in [-0.05, 0) is 42.7 Å². The predicted molar refractivity (Wildman–Crippen MR) is 97.6 cm³/mol. The smallest absolute Gasteiger partial charge is 0.319 e. The summed E-state index contributed by atoms with van der Waals surface area (Å²) in [5.41, 5.74) is 3.11. The minimum Gasteiger partial charge on any atom is -0.468 e. The average Bonchev–Trinajstić information content (AvgIpc) is 3.00. The molecule has 6 rings (SSSR count). The normalized spacial score (nSPS) is 36.1. The largest absolute Gasteiger partial charge is 0.468 e. The Hall–Kier alpha value is -1.81. The number of rotatable bonds is 2. The fourth-order valence-corrected chi connectivity index (χ4v) is 6.27. The van der Waals surface area contributed by atoms with E-state index < -0.39 is 5.41 Å². The molecule has 4 nitrogen and oxygen atoms in total. The quantitative estimate of drug-likeness (QED) is 0.855. The first kappa shape index (κ1) is 15.4. The maximum absolute atomic E-state index is 13.3. The Morgan fingerprint density at radius 3 is 3.04 bits per heavy atom. The molecule has 25 heavy (non-hydrogen) atoms. The zero-order valence-corrected chi connectivity index (χ0v) is 15.0. The Bertz CT molecular complexity index is 842. The summed E-state index contributed by atoms with van der Waals surface area (Å²) in [6.07, 6.45) is 4.33. The molecule has 4 heterocycles. The van der Waals surface area contributed by atoms with Gasteiger partial charge in [-0.3, -0.25) is 9.69 Å². The van der Waals surface area contributed by atoms with E-state index in [2.05, 4.69) is 41.1 Å². The van der Waals surface area contributed by atoms with E-state index in [0.717, 1.165) is 43.6 Å². The van der Waals surface area contributed by atoms with Crippen LogP contribution < -0.4 is 0 Å². The van der Waals surface area contributed by atoms with Crippen molar-refractivity contribution >= 4 is 16.9 Å². The molecule has 0 radical (unpaired) electrons. The minimum absolute atomic E-state index is 0.0416. The molecule has 1 aromatic carbocycles. The highest BCUT2D eigenvalue weighted by Crippen LogP contribution is 2.55. The van der Waals surface area contributed by atoms with E-state index in [1.54, 1.807) is 7.11 Å². The highest BCUT2D eigenvalue weighted by atomic mass is 16.5. The van der Waals surface area contributed by atoms with Crippen LogP contribution in [0.1, 0.15) is 37.4 Å². The van der Waals surface area contributed by atoms with Crippen molar-refractivity contribution in [3.8, 4) is 0 Å². The van der Waals surface area contributed by atoms with Crippen LogP contribution in [0, 0.1) is 11.8 Å². The number of para-hydroxylation sites is 1. The number of methoxy groups -OCH3 is 1. The zero-order chi connectivity index (χ0) is 17.2. The SMILES string of the molecule is CC[C@H]1C[C@H]2CN3CCc4c([nH]c5ccccc45)C(C(=O)OC)(C2)[C@H]13. The first-order valence-corrected chi connectivity index (χ1v) is 9.61. The molecule has 3 aliphatic heterocycles. The Balaban J connectivity index is 1.81. The molecule has 1 N–H and O–H groups in total. The number of aromatic amines is 1. The molecule has 4 heteroatoms. The summed E-state index contributed by atoms with van der Waals surface area (Å²) in [5.74, 6) is 1.12. The lowest BCUT2D eigenvalue weighted by molar-refractivity contribution is -0.162. The van der Waals surface area contributed by atoms with Gasteiger partial charge in [0.1, 0.15) is 5.41 Å². The van der Waals surface area contributed by atoms with E-state index in [9.17, 15) is 4.79 Å². The summed E-state index contributed by atoms with van der Waals surface area (Å²) in [7, 11) is 1.55.